The number of aromatic nitrogens is 1. The standard InChI is InChI=1S/C19H22N4O/c1-4-6-19(24)23-16-8-5-7-15(10-16)12-21-18-9-13(2)22-14(3)17(18)11-20/h5,7-10H,4,6,12H2,1-3H3,(H,21,22)(H,23,24). The minimum absolute atomic E-state index is 0.0229. The number of hydrogen-bond donors (Lipinski definition) is 2. The SMILES string of the molecule is CCCC(=O)Nc1cccc(CNc2cc(C)nc(C)c2C#N)c1. The van der Waals surface area contributed by atoms with Crippen LogP contribution in [0.4, 0.5) is 11.4 Å². The first-order chi connectivity index (χ1) is 11.5. The maximum atomic E-state index is 11.7. The molecule has 0 spiro atoms. The Kier molecular flexibility index (Phi) is 5.91. The summed E-state index contributed by atoms with van der Waals surface area (Å²) < 4.78 is 0. The summed E-state index contributed by atoms with van der Waals surface area (Å²) in [4.78, 5) is 16.0. The van der Waals surface area contributed by atoms with Gasteiger partial charge in [-0.2, -0.15) is 5.26 Å². The molecule has 124 valence electrons. The lowest BCUT2D eigenvalue weighted by atomic mass is 10.1. The summed E-state index contributed by atoms with van der Waals surface area (Å²) in [5, 5.41) is 15.5. The molecule has 2 aromatic rings. The predicted molar refractivity (Wildman–Crippen MR) is 95.7 cm³/mol. The van der Waals surface area contributed by atoms with Crippen molar-refractivity contribution in [3.05, 3.63) is 52.8 Å². The van der Waals surface area contributed by atoms with E-state index in [1.54, 1.807) is 0 Å². The smallest absolute Gasteiger partial charge is 0.224 e. The molecule has 5 heteroatoms. The van der Waals surface area contributed by atoms with Gasteiger partial charge in [-0.3, -0.25) is 9.78 Å². The predicted octanol–water partition coefficient (Wildman–Crippen LogP) is 3.92. The Hall–Kier alpha value is -2.87. The lowest BCUT2D eigenvalue weighted by molar-refractivity contribution is -0.116. The van der Waals surface area contributed by atoms with Crippen LogP contribution in [-0.2, 0) is 11.3 Å². The van der Waals surface area contributed by atoms with Crippen LogP contribution in [0.2, 0.25) is 0 Å². The van der Waals surface area contributed by atoms with Crippen molar-refractivity contribution in [3.8, 4) is 6.07 Å². The van der Waals surface area contributed by atoms with Gasteiger partial charge >= 0.3 is 0 Å². The monoisotopic (exact) mass is 322 g/mol. The van der Waals surface area contributed by atoms with E-state index in [4.69, 9.17) is 0 Å². The average molecular weight is 322 g/mol. The van der Waals surface area contributed by atoms with E-state index < -0.39 is 0 Å². The van der Waals surface area contributed by atoms with Crippen molar-refractivity contribution in [2.45, 2.75) is 40.2 Å². The normalized spacial score (nSPS) is 10.1. The highest BCUT2D eigenvalue weighted by molar-refractivity contribution is 5.90. The Morgan fingerprint density at radius 1 is 1.29 bits per heavy atom. The fourth-order valence-corrected chi connectivity index (χ4v) is 2.52. The fourth-order valence-electron chi connectivity index (χ4n) is 2.52. The quantitative estimate of drug-likeness (QED) is 0.845. The number of carbonyl (C=O) groups excluding carboxylic acids is 1. The first-order valence-corrected chi connectivity index (χ1v) is 8.04. The molecule has 0 radical (unpaired) electrons. The minimum Gasteiger partial charge on any atom is -0.380 e. The number of nitrogens with one attached hydrogen (secondary N) is 2. The van der Waals surface area contributed by atoms with E-state index in [9.17, 15) is 10.1 Å². The van der Waals surface area contributed by atoms with Crippen LogP contribution < -0.4 is 10.6 Å². The third kappa shape index (κ3) is 4.56. The molecule has 24 heavy (non-hydrogen) atoms. The molecule has 0 atom stereocenters. The second-order valence-corrected chi connectivity index (χ2v) is 5.74. The summed E-state index contributed by atoms with van der Waals surface area (Å²) in [5.41, 5.74) is 4.75. The van der Waals surface area contributed by atoms with E-state index in [-0.39, 0.29) is 5.91 Å². The van der Waals surface area contributed by atoms with Gasteiger partial charge in [0.15, 0.2) is 0 Å². The second kappa shape index (κ2) is 8.11. The van der Waals surface area contributed by atoms with Crippen molar-refractivity contribution in [2.24, 2.45) is 0 Å². The van der Waals surface area contributed by atoms with Gasteiger partial charge in [-0.15, -0.1) is 0 Å². The van der Waals surface area contributed by atoms with Crippen LogP contribution in [0.25, 0.3) is 0 Å². The highest BCUT2D eigenvalue weighted by Crippen LogP contribution is 2.20. The summed E-state index contributed by atoms with van der Waals surface area (Å²) in [7, 11) is 0. The van der Waals surface area contributed by atoms with Crippen LogP contribution in [0.3, 0.4) is 0 Å². The molecule has 1 aromatic carbocycles. The molecule has 0 fully saturated rings. The number of carbonyl (C=O) groups is 1. The molecule has 0 unspecified atom stereocenters. The zero-order chi connectivity index (χ0) is 17.5. The summed E-state index contributed by atoms with van der Waals surface area (Å²) in [6.07, 6.45) is 1.34. The molecule has 2 rings (SSSR count). The first kappa shape index (κ1) is 17.5. The van der Waals surface area contributed by atoms with E-state index in [2.05, 4.69) is 21.7 Å². The van der Waals surface area contributed by atoms with Crippen LogP contribution in [0, 0.1) is 25.2 Å². The molecule has 0 aliphatic rings. The van der Waals surface area contributed by atoms with E-state index in [0.717, 1.165) is 34.7 Å². The van der Waals surface area contributed by atoms with Crippen molar-refractivity contribution in [1.82, 2.24) is 4.98 Å². The largest absolute Gasteiger partial charge is 0.380 e. The number of amides is 1. The number of pyridine rings is 1. The molecule has 1 amide bonds. The van der Waals surface area contributed by atoms with Gasteiger partial charge in [-0.25, -0.2) is 0 Å². The van der Waals surface area contributed by atoms with Crippen LogP contribution in [0.5, 0.6) is 0 Å². The number of hydrogen-bond acceptors (Lipinski definition) is 4. The Morgan fingerprint density at radius 3 is 2.79 bits per heavy atom. The zero-order valence-corrected chi connectivity index (χ0v) is 14.3. The van der Waals surface area contributed by atoms with Gasteiger partial charge < -0.3 is 10.6 Å². The number of benzene rings is 1. The molecule has 0 aliphatic heterocycles. The zero-order valence-electron chi connectivity index (χ0n) is 14.3. The second-order valence-electron chi connectivity index (χ2n) is 5.74. The summed E-state index contributed by atoms with van der Waals surface area (Å²) in [6.45, 7) is 6.28. The van der Waals surface area contributed by atoms with Crippen LogP contribution in [0.1, 0.15) is 42.3 Å². The van der Waals surface area contributed by atoms with E-state index in [1.807, 2.05) is 51.1 Å². The van der Waals surface area contributed by atoms with Crippen LogP contribution >= 0.6 is 0 Å². The fraction of sp³-hybridized carbons (Fsp3) is 0.316. The molecule has 1 heterocycles. The molecule has 0 aliphatic carbocycles. The maximum Gasteiger partial charge on any atom is 0.224 e. The number of nitrogens with zero attached hydrogens (tertiary/aromatic N) is 2. The lowest BCUT2D eigenvalue weighted by Gasteiger charge is -2.12. The number of anilines is 2. The topological polar surface area (TPSA) is 77.8 Å². The van der Waals surface area contributed by atoms with E-state index in [0.29, 0.717) is 18.5 Å². The van der Waals surface area contributed by atoms with Gasteiger partial charge in [0, 0.05) is 24.3 Å². The van der Waals surface area contributed by atoms with Crippen molar-refractivity contribution >= 4 is 17.3 Å². The summed E-state index contributed by atoms with van der Waals surface area (Å²) >= 11 is 0. The summed E-state index contributed by atoms with van der Waals surface area (Å²) in [6, 6.07) is 11.8. The van der Waals surface area contributed by atoms with Gasteiger partial charge in [-0.05, 0) is 44.0 Å². The Labute approximate surface area is 142 Å². The lowest BCUT2D eigenvalue weighted by Crippen LogP contribution is -2.11. The number of rotatable bonds is 6. The summed E-state index contributed by atoms with van der Waals surface area (Å²) in [5.74, 6) is 0.0229. The molecule has 2 N–H and O–H groups in total. The molecular formula is C19H22N4O. The maximum absolute atomic E-state index is 11.7. The number of nitriles is 1. The van der Waals surface area contributed by atoms with Crippen molar-refractivity contribution in [2.75, 3.05) is 10.6 Å². The Morgan fingerprint density at radius 2 is 2.08 bits per heavy atom. The van der Waals surface area contributed by atoms with Crippen molar-refractivity contribution in [3.63, 3.8) is 0 Å². The van der Waals surface area contributed by atoms with Crippen molar-refractivity contribution in [1.29, 1.82) is 5.26 Å². The highest BCUT2D eigenvalue weighted by atomic mass is 16.1. The highest BCUT2D eigenvalue weighted by Gasteiger charge is 2.08. The third-order valence-electron chi connectivity index (χ3n) is 3.61. The van der Waals surface area contributed by atoms with Gasteiger partial charge in [0.05, 0.1) is 16.9 Å². The Balaban J connectivity index is 2.10. The van der Waals surface area contributed by atoms with Gasteiger partial charge in [0.1, 0.15) is 6.07 Å². The van der Waals surface area contributed by atoms with Gasteiger partial charge in [-0.1, -0.05) is 19.1 Å². The molecular weight excluding hydrogens is 300 g/mol. The van der Waals surface area contributed by atoms with Gasteiger partial charge in [0.2, 0.25) is 5.91 Å². The molecule has 0 saturated carbocycles. The first-order valence-electron chi connectivity index (χ1n) is 8.04. The molecule has 0 saturated heterocycles. The third-order valence-corrected chi connectivity index (χ3v) is 3.61. The molecule has 1 aromatic heterocycles. The minimum atomic E-state index is 0.0229. The molecule has 0 bridgehead atoms. The van der Waals surface area contributed by atoms with Crippen LogP contribution in [0.15, 0.2) is 30.3 Å². The average Bonchev–Trinajstić information content (AvgIpc) is 2.53. The Bertz CT molecular complexity index is 777. The number of aryl methyl sites for hydroxylation is 2. The van der Waals surface area contributed by atoms with Gasteiger partial charge in [0.25, 0.3) is 0 Å². The molecule has 5 nitrogen and oxygen atoms in total. The van der Waals surface area contributed by atoms with E-state index in [1.165, 1.54) is 0 Å². The van der Waals surface area contributed by atoms with E-state index >= 15 is 0 Å². The van der Waals surface area contributed by atoms with Crippen molar-refractivity contribution < 1.29 is 4.79 Å². The van der Waals surface area contributed by atoms with Crippen LogP contribution in [-0.4, -0.2) is 10.9 Å².